The summed E-state index contributed by atoms with van der Waals surface area (Å²) in [5.74, 6) is 1.13. The number of anilines is 1. The maximum absolute atomic E-state index is 5.62. The average Bonchev–Trinajstić information content (AvgIpc) is 2.17. The van der Waals surface area contributed by atoms with Gasteiger partial charge in [0.2, 0.25) is 0 Å². The standard InChI is InChI=1S/C9H9N5S/c1-6-13-7(10)4-9(14-6)15-8-2-3-11-5-12-8/h2-5H,1H3,(H2,10,13,14). The molecule has 0 aliphatic rings. The first-order valence-corrected chi connectivity index (χ1v) is 5.11. The molecule has 2 aromatic heterocycles. The van der Waals surface area contributed by atoms with E-state index in [0.717, 1.165) is 10.1 Å². The lowest BCUT2D eigenvalue weighted by Gasteiger charge is -2.01. The Kier molecular flexibility index (Phi) is 2.77. The highest BCUT2D eigenvalue weighted by Crippen LogP contribution is 2.24. The van der Waals surface area contributed by atoms with Crippen molar-refractivity contribution >= 4 is 17.6 Å². The second-order valence-corrected chi connectivity index (χ2v) is 3.87. The Hall–Kier alpha value is -1.69. The van der Waals surface area contributed by atoms with Crippen LogP contribution in [-0.4, -0.2) is 19.9 Å². The first-order valence-electron chi connectivity index (χ1n) is 4.29. The van der Waals surface area contributed by atoms with Gasteiger partial charge >= 0.3 is 0 Å². The Bertz CT molecular complexity index is 439. The maximum Gasteiger partial charge on any atom is 0.128 e. The molecule has 0 aliphatic carbocycles. The second kappa shape index (κ2) is 4.22. The van der Waals surface area contributed by atoms with Gasteiger partial charge in [0, 0.05) is 12.3 Å². The summed E-state index contributed by atoms with van der Waals surface area (Å²) in [7, 11) is 0. The van der Waals surface area contributed by atoms with Crippen molar-refractivity contribution in [2.75, 3.05) is 5.73 Å². The van der Waals surface area contributed by atoms with E-state index < -0.39 is 0 Å². The van der Waals surface area contributed by atoms with Gasteiger partial charge in [0.25, 0.3) is 0 Å². The van der Waals surface area contributed by atoms with Crippen LogP contribution < -0.4 is 5.73 Å². The minimum Gasteiger partial charge on any atom is -0.384 e. The summed E-state index contributed by atoms with van der Waals surface area (Å²) in [5, 5.41) is 1.63. The van der Waals surface area contributed by atoms with Gasteiger partial charge < -0.3 is 5.73 Å². The molecular weight excluding hydrogens is 210 g/mol. The van der Waals surface area contributed by atoms with Crippen molar-refractivity contribution in [3.05, 3.63) is 30.5 Å². The van der Waals surface area contributed by atoms with Crippen molar-refractivity contribution in [2.24, 2.45) is 0 Å². The van der Waals surface area contributed by atoms with Crippen LogP contribution in [0.1, 0.15) is 5.82 Å². The van der Waals surface area contributed by atoms with Gasteiger partial charge in [-0.3, -0.25) is 0 Å². The molecule has 0 atom stereocenters. The fourth-order valence-corrected chi connectivity index (χ4v) is 1.86. The van der Waals surface area contributed by atoms with E-state index in [2.05, 4.69) is 19.9 Å². The quantitative estimate of drug-likeness (QED) is 0.767. The molecule has 0 aliphatic heterocycles. The van der Waals surface area contributed by atoms with Crippen LogP contribution in [0.3, 0.4) is 0 Å². The molecule has 0 radical (unpaired) electrons. The third-order valence-corrected chi connectivity index (χ3v) is 2.47. The fraction of sp³-hybridized carbons (Fsp3) is 0.111. The molecule has 0 aromatic carbocycles. The van der Waals surface area contributed by atoms with Crippen LogP contribution in [-0.2, 0) is 0 Å². The van der Waals surface area contributed by atoms with Crippen molar-refractivity contribution in [2.45, 2.75) is 17.0 Å². The molecule has 0 spiro atoms. The number of nitrogen functional groups attached to an aromatic ring is 1. The van der Waals surface area contributed by atoms with E-state index in [1.54, 1.807) is 19.2 Å². The van der Waals surface area contributed by atoms with E-state index in [1.165, 1.54) is 18.1 Å². The normalized spacial score (nSPS) is 10.2. The molecule has 5 nitrogen and oxygen atoms in total. The molecule has 0 amide bonds. The molecule has 0 saturated heterocycles. The van der Waals surface area contributed by atoms with Crippen LogP contribution in [0.25, 0.3) is 0 Å². The predicted octanol–water partition coefficient (Wildman–Crippen LogP) is 1.31. The van der Waals surface area contributed by atoms with Crippen molar-refractivity contribution in [1.29, 1.82) is 0 Å². The summed E-state index contributed by atoms with van der Waals surface area (Å²) in [6.45, 7) is 1.81. The predicted molar refractivity (Wildman–Crippen MR) is 57.3 cm³/mol. The number of aromatic nitrogens is 4. The smallest absolute Gasteiger partial charge is 0.128 e. The largest absolute Gasteiger partial charge is 0.384 e. The summed E-state index contributed by atoms with van der Waals surface area (Å²) in [6, 6.07) is 3.54. The van der Waals surface area contributed by atoms with E-state index >= 15 is 0 Å². The topological polar surface area (TPSA) is 77.6 Å². The number of rotatable bonds is 2. The highest BCUT2D eigenvalue weighted by atomic mass is 32.2. The highest BCUT2D eigenvalue weighted by molar-refractivity contribution is 7.99. The van der Waals surface area contributed by atoms with Crippen molar-refractivity contribution in [3.8, 4) is 0 Å². The Morgan fingerprint density at radius 2 is 2.13 bits per heavy atom. The van der Waals surface area contributed by atoms with Gasteiger partial charge in [-0.15, -0.1) is 0 Å². The van der Waals surface area contributed by atoms with Crippen molar-refractivity contribution in [1.82, 2.24) is 19.9 Å². The summed E-state index contributed by atoms with van der Waals surface area (Å²) in [4.78, 5) is 16.2. The Labute approximate surface area is 91.2 Å². The van der Waals surface area contributed by atoms with E-state index in [4.69, 9.17) is 5.73 Å². The first kappa shape index (κ1) is 9.85. The molecule has 2 N–H and O–H groups in total. The van der Waals surface area contributed by atoms with Gasteiger partial charge in [-0.1, -0.05) is 0 Å². The number of hydrogen-bond acceptors (Lipinski definition) is 6. The highest BCUT2D eigenvalue weighted by Gasteiger charge is 2.02. The van der Waals surface area contributed by atoms with Gasteiger partial charge in [0.1, 0.15) is 28.0 Å². The lowest BCUT2D eigenvalue weighted by Crippen LogP contribution is -1.96. The lowest BCUT2D eigenvalue weighted by molar-refractivity contribution is 0.968. The van der Waals surface area contributed by atoms with E-state index in [9.17, 15) is 0 Å². The van der Waals surface area contributed by atoms with Crippen LogP contribution in [0.5, 0.6) is 0 Å². The molecule has 0 fully saturated rings. The van der Waals surface area contributed by atoms with Crippen LogP contribution in [0.15, 0.2) is 34.7 Å². The SMILES string of the molecule is Cc1nc(N)cc(Sc2ccncn2)n1. The maximum atomic E-state index is 5.62. The van der Waals surface area contributed by atoms with Gasteiger partial charge in [-0.05, 0) is 24.8 Å². The molecular formula is C9H9N5S. The number of nitrogens with two attached hydrogens (primary N) is 1. The Morgan fingerprint density at radius 3 is 2.80 bits per heavy atom. The molecule has 2 aromatic rings. The van der Waals surface area contributed by atoms with Gasteiger partial charge in [-0.25, -0.2) is 19.9 Å². The number of aryl methyl sites for hydroxylation is 1. The van der Waals surface area contributed by atoms with E-state index in [0.29, 0.717) is 11.6 Å². The van der Waals surface area contributed by atoms with Gasteiger partial charge in [0.05, 0.1) is 0 Å². The Morgan fingerprint density at radius 1 is 1.27 bits per heavy atom. The zero-order chi connectivity index (χ0) is 10.7. The molecule has 15 heavy (non-hydrogen) atoms. The third kappa shape index (κ3) is 2.63. The second-order valence-electron chi connectivity index (χ2n) is 2.83. The molecule has 2 heterocycles. The molecule has 0 saturated carbocycles. The van der Waals surface area contributed by atoms with Crippen LogP contribution in [0.4, 0.5) is 5.82 Å². The summed E-state index contributed by atoms with van der Waals surface area (Å²) >= 11 is 1.43. The molecule has 2 rings (SSSR count). The summed E-state index contributed by atoms with van der Waals surface area (Å²) in [6.07, 6.45) is 3.19. The molecule has 0 unspecified atom stereocenters. The first-order chi connectivity index (χ1) is 7.24. The van der Waals surface area contributed by atoms with Crippen LogP contribution >= 0.6 is 11.8 Å². The van der Waals surface area contributed by atoms with E-state index in [1.807, 2.05) is 6.07 Å². The van der Waals surface area contributed by atoms with Crippen LogP contribution in [0, 0.1) is 6.92 Å². The van der Waals surface area contributed by atoms with Crippen molar-refractivity contribution in [3.63, 3.8) is 0 Å². The van der Waals surface area contributed by atoms with Gasteiger partial charge in [-0.2, -0.15) is 0 Å². The summed E-state index contributed by atoms with van der Waals surface area (Å²) in [5.41, 5.74) is 5.62. The third-order valence-electron chi connectivity index (χ3n) is 1.60. The monoisotopic (exact) mass is 219 g/mol. The number of nitrogens with zero attached hydrogens (tertiary/aromatic N) is 4. The molecule has 76 valence electrons. The minimum absolute atomic E-state index is 0.471. The zero-order valence-corrected chi connectivity index (χ0v) is 8.90. The van der Waals surface area contributed by atoms with Gasteiger partial charge in [0.15, 0.2) is 0 Å². The van der Waals surface area contributed by atoms with Crippen molar-refractivity contribution < 1.29 is 0 Å². The fourth-order valence-electron chi connectivity index (χ4n) is 1.06. The molecule has 6 heteroatoms. The van der Waals surface area contributed by atoms with E-state index in [-0.39, 0.29) is 0 Å². The zero-order valence-electron chi connectivity index (χ0n) is 8.08. The lowest BCUT2D eigenvalue weighted by atomic mass is 10.5. The summed E-state index contributed by atoms with van der Waals surface area (Å²) < 4.78 is 0. The molecule has 0 bridgehead atoms. The Balaban J connectivity index is 2.25. The number of hydrogen-bond donors (Lipinski definition) is 1. The van der Waals surface area contributed by atoms with Crippen LogP contribution in [0.2, 0.25) is 0 Å². The minimum atomic E-state index is 0.471. The average molecular weight is 219 g/mol.